The highest BCUT2D eigenvalue weighted by atomic mass is 19.4. The van der Waals surface area contributed by atoms with Gasteiger partial charge in [0.05, 0.1) is 6.04 Å². The molecule has 1 amide bonds. The molecule has 162 valence electrons. The predicted molar refractivity (Wildman–Crippen MR) is 107 cm³/mol. The number of nitrogens with zero attached hydrogens (tertiary/aromatic N) is 2. The van der Waals surface area contributed by atoms with E-state index in [0.717, 1.165) is 28.0 Å². The van der Waals surface area contributed by atoms with Crippen LogP contribution in [0, 0.1) is 0 Å². The van der Waals surface area contributed by atoms with Crippen LogP contribution in [-0.4, -0.2) is 15.5 Å². The van der Waals surface area contributed by atoms with Gasteiger partial charge >= 0.3 is 6.18 Å². The summed E-state index contributed by atoms with van der Waals surface area (Å²) in [5.74, 6) is 0.0625. The molecular formula is C22H20F3N3O3. The molecule has 31 heavy (non-hydrogen) atoms. The quantitative estimate of drug-likeness (QED) is 0.619. The number of halogens is 3. The number of carbonyl (C=O) groups excluding carboxylic acids is 1. The van der Waals surface area contributed by atoms with Gasteiger partial charge in [-0.1, -0.05) is 18.2 Å². The van der Waals surface area contributed by atoms with Crippen LogP contribution >= 0.6 is 0 Å². The van der Waals surface area contributed by atoms with Crippen LogP contribution in [0.5, 0.6) is 5.75 Å². The van der Waals surface area contributed by atoms with Crippen LogP contribution in [-0.2, 0) is 24.1 Å². The number of ether oxygens (including phenoxy) is 1. The maximum Gasteiger partial charge on any atom is 0.421 e. The Hall–Kier alpha value is -3.62. The first kappa shape index (κ1) is 22.1. The Kier molecular flexibility index (Phi) is 6.74. The number of amides is 1. The SMILES string of the molecule is CC(NC(=O)Cn1cccc(C(F)(F)F)c1=O)c1ccc(OCc2cccnc2)cc1. The summed E-state index contributed by atoms with van der Waals surface area (Å²) in [4.78, 5) is 28.2. The van der Waals surface area contributed by atoms with Crippen molar-refractivity contribution < 1.29 is 22.7 Å². The number of hydrogen-bond donors (Lipinski definition) is 1. The molecule has 1 aromatic carbocycles. The van der Waals surface area contributed by atoms with E-state index in [1.807, 2.05) is 12.1 Å². The number of nitrogens with one attached hydrogen (secondary N) is 1. The van der Waals surface area contributed by atoms with Crippen molar-refractivity contribution in [3.05, 3.63) is 94.2 Å². The van der Waals surface area contributed by atoms with E-state index in [-0.39, 0.29) is 0 Å². The van der Waals surface area contributed by atoms with Crippen LogP contribution in [0.25, 0.3) is 0 Å². The van der Waals surface area contributed by atoms with Gasteiger partial charge in [0, 0.05) is 24.2 Å². The zero-order valence-corrected chi connectivity index (χ0v) is 16.6. The van der Waals surface area contributed by atoms with Crippen molar-refractivity contribution in [3.63, 3.8) is 0 Å². The molecule has 0 fully saturated rings. The fraction of sp³-hybridized carbons (Fsp3) is 0.227. The monoisotopic (exact) mass is 431 g/mol. The number of hydrogen-bond acceptors (Lipinski definition) is 4. The van der Waals surface area contributed by atoms with Crippen LogP contribution in [0.15, 0.2) is 71.9 Å². The Bertz CT molecular complexity index is 1080. The summed E-state index contributed by atoms with van der Waals surface area (Å²) in [6, 6.07) is 12.1. The molecule has 0 aliphatic carbocycles. The second-order valence-corrected chi connectivity index (χ2v) is 6.86. The molecule has 0 spiro atoms. The highest BCUT2D eigenvalue weighted by Gasteiger charge is 2.34. The second kappa shape index (κ2) is 9.46. The normalized spacial score (nSPS) is 12.3. The lowest BCUT2D eigenvalue weighted by molar-refractivity contribution is -0.139. The molecule has 0 aliphatic rings. The Morgan fingerprint density at radius 3 is 2.55 bits per heavy atom. The Morgan fingerprint density at radius 2 is 1.90 bits per heavy atom. The molecule has 9 heteroatoms. The first-order chi connectivity index (χ1) is 14.7. The smallest absolute Gasteiger partial charge is 0.421 e. The Morgan fingerprint density at radius 1 is 1.16 bits per heavy atom. The summed E-state index contributed by atoms with van der Waals surface area (Å²) >= 11 is 0. The molecule has 0 saturated carbocycles. The molecule has 1 N–H and O–H groups in total. The lowest BCUT2D eigenvalue weighted by Gasteiger charge is -2.16. The van der Waals surface area contributed by atoms with E-state index in [2.05, 4.69) is 10.3 Å². The average molecular weight is 431 g/mol. The van der Waals surface area contributed by atoms with Gasteiger partial charge in [0.25, 0.3) is 5.56 Å². The molecule has 3 rings (SSSR count). The van der Waals surface area contributed by atoms with Crippen LogP contribution in [0.4, 0.5) is 13.2 Å². The first-order valence-corrected chi connectivity index (χ1v) is 9.41. The molecule has 1 unspecified atom stereocenters. The minimum Gasteiger partial charge on any atom is -0.489 e. The number of carbonyl (C=O) groups is 1. The predicted octanol–water partition coefficient (Wildman–Crippen LogP) is 3.72. The Labute approximate surface area is 176 Å². The molecule has 0 bridgehead atoms. The molecule has 3 aromatic rings. The largest absolute Gasteiger partial charge is 0.489 e. The van der Waals surface area contributed by atoms with Crippen molar-refractivity contribution >= 4 is 5.91 Å². The average Bonchev–Trinajstić information content (AvgIpc) is 2.74. The van der Waals surface area contributed by atoms with Gasteiger partial charge in [-0.05, 0) is 42.8 Å². The van der Waals surface area contributed by atoms with Gasteiger partial charge in [-0.2, -0.15) is 13.2 Å². The third-order valence-corrected chi connectivity index (χ3v) is 4.53. The topological polar surface area (TPSA) is 73.2 Å². The highest BCUT2D eigenvalue weighted by Crippen LogP contribution is 2.26. The molecular weight excluding hydrogens is 411 g/mol. The molecule has 0 aliphatic heterocycles. The van der Waals surface area contributed by atoms with Gasteiger partial charge in [0.15, 0.2) is 0 Å². The van der Waals surface area contributed by atoms with Crippen LogP contribution in [0.1, 0.15) is 29.7 Å². The summed E-state index contributed by atoms with van der Waals surface area (Å²) in [5, 5.41) is 2.68. The lowest BCUT2D eigenvalue weighted by Crippen LogP contribution is -2.35. The molecule has 0 radical (unpaired) electrons. The molecule has 1 atom stereocenters. The highest BCUT2D eigenvalue weighted by molar-refractivity contribution is 5.76. The van der Waals surface area contributed by atoms with E-state index in [1.54, 1.807) is 43.6 Å². The van der Waals surface area contributed by atoms with E-state index in [4.69, 9.17) is 4.74 Å². The zero-order valence-electron chi connectivity index (χ0n) is 16.6. The minimum atomic E-state index is -4.77. The summed E-state index contributed by atoms with van der Waals surface area (Å²) < 4.78 is 45.0. The van der Waals surface area contributed by atoms with Crippen molar-refractivity contribution in [1.82, 2.24) is 14.9 Å². The number of pyridine rings is 2. The van der Waals surface area contributed by atoms with Crippen LogP contribution in [0.2, 0.25) is 0 Å². The fourth-order valence-electron chi connectivity index (χ4n) is 2.91. The number of aromatic nitrogens is 2. The van der Waals surface area contributed by atoms with Gasteiger partial charge in [0.1, 0.15) is 24.5 Å². The van der Waals surface area contributed by atoms with Gasteiger partial charge in [-0.3, -0.25) is 14.6 Å². The lowest BCUT2D eigenvalue weighted by atomic mass is 10.1. The number of alkyl halides is 3. The van der Waals surface area contributed by atoms with E-state index in [1.165, 1.54) is 0 Å². The molecule has 6 nitrogen and oxygen atoms in total. The van der Waals surface area contributed by atoms with Gasteiger partial charge in [-0.15, -0.1) is 0 Å². The van der Waals surface area contributed by atoms with E-state index >= 15 is 0 Å². The summed E-state index contributed by atoms with van der Waals surface area (Å²) in [6.45, 7) is 1.59. The Balaban J connectivity index is 1.58. The van der Waals surface area contributed by atoms with Crippen molar-refractivity contribution in [2.75, 3.05) is 0 Å². The third kappa shape index (κ3) is 5.94. The van der Waals surface area contributed by atoms with Crippen LogP contribution in [0.3, 0.4) is 0 Å². The number of benzene rings is 1. The van der Waals surface area contributed by atoms with Gasteiger partial charge in [0.2, 0.25) is 5.91 Å². The maximum atomic E-state index is 12.9. The van der Waals surface area contributed by atoms with Crippen molar-refractivity contribution in [1.29, 1.82) is 0 Å². The van der Waals surface area contributed by atoms with Crippen molar-refractivity contribution in [2.24, 2.45) is 0 Å². The first-order valence-electron chi connectivity index (χ1n) is 9.41. The minimum absolute atomic E-state index is 0.366. The second-order valence-electron chi connectivity index (χ2n) is 6.86. The molecule has 2 aromatic heterocycles. The zero-order chi connectivity index (χ0) is 22.4. The standard InChI is InChI=1S/C22H20F3N3O3/c1-15(17-6-8-18(9-7-17)31-14-16-4-2-10-26-12-16)27-20(29)13-28-11-3-5-19(21(28)30)22(23,24)25/h2-12,15H,13-14H2,1H3,(H,27,29). The molecule has 0 saturated heterocycles. The number of rotatable bonds is 7. The maximum absolute atomic E-state index is 12.9. The van der Waals surface area contributed by atoms with Gasteiger partial charge in [-0.25, -0.2) is 0 Å². The van der Waals surface area contributed by atoms with Crippen molar-refractivity contribution in [3.8, 4) is 5.75 Å². The van der Waals surface area contributed by atoms with E-state index in [0.29, 0.717) is 18.4 Å². The van der Waals surface area contributed by atoms with Crippen LogP contribution < -0.4 is 15.6 Å². The summed E-state index contributed by atoms with van der Waals surface area (Å²) in [5.41, 5.74) is -0.860. The van der Waals surface area contributed by atoms with E-state index in [9.17, 15) is 22.8 Å². The van der Waals surface area contributed by atoms with Crippen molar-refractivity contribution in [2.45, 2.75) is 32.3 Å². The van der Waals surface area contributed by atoms with E-state index < -0.39 is 35.8 Å². The summed E-state index contributed by atoms with van der Waals surface area (Å²) in [7, 11) is 0. The van der Waals surface area contributed by atoms with Gasteiger partial charge < -0.3 is 14.6 Å². The summed E-state index contributed by atoms with van der Waals surface area (Å²) in [6.07, 6.45) is -0.236. The molecule has 2 heterocycles. The third-order valence-electron chi connectivity index (χ3n) is 4.53. The fourth-order valence-corrected chi connectivity index (χ4v) is 2.91.